The lowest BCUT2D eigenvalue weighted by molar-refractivity contribution is -0.135. The van der Waals surface area contributed by atoms with Crippen molar-refractivity contribution in [1.29, 1.82) is 0 Å². The second kappa shape index (κ2) is 9.98. The van der Waals surface area contributed by atoms with Crippen molar-refractivity contribution < 1.29 is 14.7 Å². The first-order valence-electron chi connectivity index (χ1n) is 9.55. The van der Waals surface area contributed by atoms with Crippen LogP contribution in [-0.4, -0.2) is 59.4 Å². The first kappa shape index (κ1) is 22.2. The zero-order valence-corrected chi connectivity index (χ0v) is 17.9. The van der Waals surface area contributed by atoms with Crippen molar-refractivity contribution in [3.05, 3.63) is 64.7 Å². The van der Waals surface area contributed by atoms with Gasteiger partial charge in [0.25, 0.3) is 0 Å². The van der Waals surface area contributed by atoms with Gasteiger partial charge in [-0.15, -0.1) is 0 Å². The number of aliphatic hydroxyl groups is 1. The number of aliphatic hydroxyl groups excluding tert-OH is 1. The molecule has 30 heavy (non-hydrogen) atoms. The summed E-state index contributed by atoms with van der Waals surface area (Å²) in [5.41, 5.74) is 2.69. The molecule has 0 aliphatic carbocycles. The van der Waals surface area contributed by atoms with Gasteiger partial charge in [-0.1, -0.05) is 48.0 Å². The maximum atomic E-state index is 12.6. The van der Waals surface area contributed by atoms with Gasteiger partial charge in [0.15, 0.2) is 0 Å². The second-order valence-electron chi connectivity index (χ2n) is 6.89. The zero-order chi connectivity index (χ0) is 21.7. The van der Waals surface area contributed by atoms with Crippen LogP contribution in [-0.2, 0) is 16.2 Å². The summed E-state index contributed by atoms with van der Waals surface area (Å²) in [6, 6.07) is 10.8. The number of anilines is 1. The van der Waals surface area contributed by atoms with Gasteiger partial charge < -0.3 is 20.2 Å². The molecule has 0 spiro atoms. The number of nitrogens with zero attached hydrogens (tertiary/aromatic N) is 2. The number of carbonyl (C=O) groups is 2. The SMILES string of the molecule is C=CC(=O)N1CCN(C(=O)CNc2cc(-c3ccccc3Cl)c(Cl)cc2CO)CC1. The van der Waals surface area contributed by atoms with Crippen molar-refractivity contribution in [3.8, 4) is 11.1 Å². The molecule has 158 valence electrons. The Hall–Kier alpha value is -2.54. The van der Waals surface area contributed by atoms with E-state index in [-0.39, 0.29) is 25.0 Å². The van der Waals surface area contributed by atoms with Crippen LogP contribution in [0, 0.1) is 0 Å². The minimum Gasteiger partial charge on any atom is -0.392 e. The molecule has 0 aromatic heterocycles. The molecule has 1 aliphatic heterocycles. The van der Waals surface area contributed by atoms with E-state index in [1.165, 1.54) is 6.08 Å². The predicted molar refractivity (Wildman–Crippen MR) is 120 cm³/mol. The van der Waals surface area contributed by atoms with Crippen LogP contribution in [0.4, 0.5) is 5.69 Å². The monoisotopic (exact) mass is 447 g/mol. The fraction of sp³-hybridized carbons (Fsp3) is 0.273. The summed E-state index contributed by atoms with van der Waals surface area (Å²) in [7, 11) is 0. The van der Waals surface area contributed by atoms with E-state index in [1.807, 2.05) is 18.2 Å². The first-order chi connectivity index (χ1) is 14.4. The van der Waals surface area contributed by atoms with Gasteiger partial charge in [0.2, 0.25) is 11.8 Å². The van der Waals surface area contributed by atoms with Crippen LogP contribution in [0.5, 0.6) is 0 Å². The van der Waals surface area contributed by atoms with Crippen molar-refractivity contribution in [2.45, 2.75) is 6.61 Å². The van der Waals surface area contributed by atoms with Gasteiger partial charge >= 0.3 is 0 Å². The molecule has 1 fully saturated rings. The maximum absolute atomic E-state index is 12.6. The maximum Gasteiger partial charge on any atom is 0.246 e. The summed E-state index contributed by atoms with van der Waals surface area (Å²) >= 11 is 12.7. The Bertz CT molecular complexity index is 957. The molecule has 1 saturated heterocycles. The summed E-state index contributed by atoms with van der Waals surface area (Å²) in [5, 5.41) is 13.9. The summed E-state index contributed by atoms with van der Waals surface area (Å²) in [5.74, 6) is -0.208. The van der Waals surface area contributed by atoms with Crippen molar-refractivity contribution in [3.63, 3.8) is 0 Å². The molecule has 1 heterocycles. The number of nitrogens with one attached hydrogen (secondary N) is 1. The Morgan fingerprint density at radius 3 is 2.33 bits per heavy atom. The third kappa shape index (κ3) is 4.95. The lowest BCUT2D eigenvalue weighted by atomic mass is 10.0. The lowest BCUT2D eigenvalue weighted by Crippen LogP contribution is -2.51. The van der Waals surface area contributed by atoms with E-state index in [0.29, 0.717) is 53.0 Å². The average Bonchev–Trinajstić information content (AvgIpc) is 2.77. The Kier molecular flexibility index (Phi) is 7.37. The van der Waals surface area contributed by atoms with Crippen molar-refractivity contribution >= 4 is 40.7 Å². The number of rotatable bonds is 6. The highest BCUT2D eigenvalue weighted by molar-refractivity contribution is 6.36. The highest BCUT2D eigenvalue weighted by Crippen LogP contribution is 2.36. The van der Waals surface area contributed by atoms with Crippen LogP contribution >= 0.6 is 23.2 Å². The fourth-order valence-corrected chi connectivity index (χ4v) is 3.91. The summed E-state index contributed by atoms with van der Waals surface area (Å²) < 4.78 is 0. The number of benzene rings is 2. The molecule has 0 radical (unpaired) electrons. The van der Waals surface area contributed by atoms with E-state index in [4.69, 9.17) is 23.2 Å². The van der Waals surface area contributed by atoms with Crippen LogP contribution in [0.25, 0.3) is 11.1 Å². The Morgan fingerprint density at radius 1 is 1.03 bits per heavy atom. The van der Waals surface area contributed by atoms with E-state index >= 15 is 0 Å². The predicted octanol–water partition coefficient (Wildman–Crippen LogP) is 3.42. The minimum absolute atomic E-state index is 0.0615. The van der Waals surface area contributed by atoms with Crippen molar-refractivity contribution in [2.24, 2.45) is 0 Å². The summed E-state index contributed by atoms with van der Waals surface area (Å²) in [4.78, 5) is 27.7. The van der Waals surface area contributed by atoms with E-state index in [1.54, 1.807) is 28.0 Å². The molecule has 2 N–H and O–H groups in total. The van der Waals surface area contributed by atoms with Crippen LogP contribution in [0.15, 0.2) is 49.1 Å². The Balaban J connectivity index is 1.71. The van der Waals surface area contributed by atoms with Crippen molar-refractivity contribution in [1.82, 2.24) is 9.80 Å². The molecule has 0 unspecified atom stereocenters. The molecular formula is C22H23Cl2N3O3. The fourth-order valence-electron chi connectivity index (χ4n) is 3.38. The van der Waals surface area contributed by atoms with Crippen LogP contribution in [0.2, 0.25) is 10.0 Å². The molecule has 1 aliphatic rings. The minimum atomic E-state index is -0.221. The smallest absolute Gasteiger partial charge is 0.246 e. The number of hydrogen-bond acceptors (Lipinski definition) is 4. The van der Waals surface area contributed by atoms with E-state index in [2.05, 4.69) is 11.9 Å². The molecule has 2 aromatic rings. The van der Waals surface area contributed by atoms with Gasteiger partial charge in [-0.25, -0.2) is 0 Å². The number of hydrogen-bond donors (Lipinski definition) is 2. The zero-order valence-electron chi connectivity index (χ0n) is 16.4. The van der Waals surface area contributed by atoms with Gasteiger partial charge in [-0.3, -0.25) is 9.59 Å². The number of carbonyl (C=O) groups excluding carboxylic acids is 2. The number of amides is 2. The first-order valence-corrected chi connectivity index (χ1v) is 10.3. The molecule has 3 rings (SSSR count). The molecular weight excluding hydrogens is 425 g/mol. The van der Waals surface area contributed by atoms with E-state index < -0.39 is 0 Å². The van der Waals surface area contributed by atoms with E-state index in [0.717, 1.165) is 5.56 Å². The molecule has 6 nitrogen and oxygen atoms in total. The third-order valence-electron chi connectivity index (χ3n) is 5.08. The van der Waals surface area contributed by atoms with Gasteiger partial charge in [-0.2, -0.15) is 0 Å². The quantitative estimate of drug-likeness (QED) is 0.665. The van der Waals surface area contributed by atoms with Gasteiger partial charge in [0.1, 0.15) is 0 Å². The van der Waals surface area contributed by atoms with Crippen LogP contribution < -0.4 is 5.32 Å². The van der Waals surface area contributed by atoms with Gasteiger partial charge in [-0.05, 0) is 24.3 Å². The van der Waals surface area contributed by atoms with Crippen molar-refractivity contribution in [2.75, 3.05) is 38.0 Å². The third-order valence-corrected chi connectivity index (χ3v) is 5.72. The Morgan fingerprint density at radius 2 is 1.70 bits per heavy atom. The lowest BCUT2D eigenvalue weighted by Gasteiger charge is -2.34. The summed E-state index contributed by atoms with van der Waals surface area (Å²) in [6.45, 7) is 5.24. The highest BCUT2D eigenvalue weighted by Gasteiger charge is 2.23. The summed E-state index contributed by atoms with van der Waals surface area (Å²) in [6.07, 6.45) is 1.28. The number of halogens is 2. The van der Waals surface area contributed by atoms with Crippen LogP contribution in [0.3, 0.4) is 0 Å². The van der Waals surface area contributed by atoms with Gasteiger partial charge in [0.05, 0.1) is 13.2 Å². The normalized spacial score (nSPS) is 13.8. The molecule has 2 aromatic carbocycles. The molecule has 2 amide bonds. The topological polar surface area (TPSA) is 72.9 Å². The second-order valence-corrected chi connectivity index (χ2v) is 7.71. The molecule has 0 atom stereocenters. The molecule has 0 bridgehead atoms. The van der Waals surface area contributed by atoms with Gasteiger partial charge in [0, 0.05) is 58.6 Å². The molecule has 0 saturated carbocycles. The highest BCUT2D eigenvalue weighted by atomic mass is 35.5. The average molecular weight is 448 g/mol. The standard InChI is InChI=1S/C22H23Cl2N3O3/c1-2-21(29)26-7-9-27(10-8-26)22(30)13-25-20-12-17(19(24)11-15(20)14-28)16-5-3-4-6-18(16)23/h2-6,11-12,25,28H,1,7-10,13-14H2. The Labute approximate surface area is 185 Å². The van der Waals surface area contributed by atoms with E-state index in [9.17, 15) is 14.7 Å². The molecule has 8 heteroatoms. The van der Waals surface area contributed by atoms with Crippen LogP contribution in [0.1, 0.15) is 5.56 Å². The largest absolute Gasteiger partial charge is 0.392 e. The number of piperazine rings is 1.